The van der Waals surface area contributed by atoms with Crippen molar-refractivity contribution in [3.05, 3.63) is 57.3 Å². The number of aryl methyl sites for hydroxylation is 2. The molecule has 0 atom stereocenters. The lowest BCUT2D eigenvalue weighted by molar-refractivity contribution is -0.0424. The van der Waals surface area contributed by atoms with Crippen molar-refractivity contribution in [2.75, 3.05) is 0 Å². The molecule has 2 aromatic rings. The van der Waals surface area contributed by atoms with Crippen molar-refractivity contribution >= 4 is 17.1 Å². The van der Waals surface area contributed by atoms with Gasteiger partial charge >= 0.3 is 0 Å². The largest absolute Gasteiger partial charge is 0.364 e. The van der Waals surface area contributed by atoms with E-state index in [4.69, 9.17) is 10.2 Å². The van der Waals surface area contributed by atoms with Gasteiger partial charge < -0.3 is 10.2 Å². The summed E-state index contributed by atoms with van der Waals surface area (Å²) in [5, 5.41) is 20.1. The maximum atomic E-state index is 11.6. The number of thiophene rings is 1. The highest BCUT2D eigenvalue weighted by molar-refractivity contribution is 7.12. The summed E-state index contributed by atoms with van der Waals surface area (Å²) in [7, 11) is 0. The number of benzene rings is 1. The van der Waals surface area contributed by atoms with Crippen molar-refractivity contribution in [1.29, 1.82) is 0 Å². The van der Waals surface area contributed by atoms with Crippen LogP contribution >= 0.6 is 11.3 Å². The second-order valence-corrected chi connectivity index (χ2v) is 5.62. The molecule has 0 radical (unpaired) electrons. The molecule has 106 valence electrons. The first-order chi connectivity index (χ1) is 9.60. The summed E-state index contributed by atoms with van der Waals surface area (Å²) in [4.78, 5) is 12.4. The third-order valence-corrected chi connectivity index (χ3v) is 4.25. The SMILES string of the molecule is CCC(=O)c1cc(CCc2ccc(C(O)O)cc2)cs1. The van der Waals surface area contributed by atoms with Crippen molar-refractivity contribution in [3.63, 3.8) is 0 Å². The van der Waals surface area contributed by atoms with Crippen molar-refractivity contribution in [1.82, 2.24) is 0 Å². The van der Waals surface area contributed by atoms with Crippen LogP contribution in [0, 0.1) is 0 Å². The van der Waals surface area contributed by atoms with Crippen LogP contribution in [0.1, 0.15) is 46.0 Å². The molecule has 0 saturated heterocycles. The zero-order chi connectivity index (χ0) is 14.5. The number of ketones is 1. The summed E-state index contributed by atoms with van der Waals surface area (Å²) >= 11 is 1.51. The zero-order valence-electron chi connectivity index (χ0n) is 11.4. The standard InChI is InChI=1S/C16H18O3S/c1-2-14(17)15-9-12(10-20-15)4-3-11-5-7-13(8-6-11)16(18)19/h5-10,16,18-19H,2-4H2,1H3. The van der Waals surface area contributed by atoms with Gasteiger partial charge in [-0.15, -0.1) is 11.3 Å². The molecule has 4 heteroatoms. The zero-order valence-corrected chi connectivity index (χ0v) is 12.2. The molecule has 1 aromatic carbocycles. The van der Waals surface area contributed by atoms with E-state index in [0.29, 0.717) is 12.0 Å². The Morgan fingerprint density at radius 1 is 1.15 bits per heavy atom. The normalized spacial score (nSPS) is 11.0. The van der Waals surface area contributed by atoms with E-state index >= 15 is 0 Å². The Morgan fingerprint density at radius 2 is 1.80 bits per heavy atom. The van der Waals surface area contributed by atoms with Crippen LogP contribution in [-0.4, -0.2) is 16.0 Å². The minimum atomic E-state index is -1.41. The molecule has 1 aromatic heterocycles. The average Bonchev–Trinajstić information content (AvgIpc) is 2.93. The molecule has 0 amide bonds. The summed E-state index contributed by atoms with van der Waals surface area (Å²) in [6, 6.07) is 9.22. The van der Waals surface area contributed by atoms with Crippen LogP contribution in [0.2, 0.25) is 0 Å². The summed E-state index contributed by atoms with van der Waals surface area (Å²) < 4.78 is 0. The number of Topliss-reactive ketones (excluding diaryl/α,β-unsaturated/α-hetero) is 1. The maximum Gasteiger partial charge on any atom is 0.178 e. The predicted molar refractivity (Wildman–Crippen MR) is 80.0 cm³/mol. The fourth-order valence-electron chi connectivity index (χ4n) is 1.97. The van der Waals surface area contributed by atoms with Gasteiger partial charge in [-0.05, 0) is 35.4 Å². The van der Waals surface area contributed by atoms with Gasteiger partial charge in [0.2, 0.25) is 0 Å². The number of aliphatic hydroxyl groups is 2. The summed E-state index contributed by atoms with van der Waals surface area (Å²) in [6.07, 6.45) is 0.890. The van der Waals surface area contributed by atoms with Crippen molar-refractivity contribution in [2.45, 2.75) is 32.5 Å². The van der Waals surface area contributed by atoms with Gasteiger partial charge in [0.1, 0.15) is 0 Å². The number of carbonyl (C=O) groups is 1. The number of rotatable bonds is 6. The maximum absolute atomic E-state index is 11.6. The van der Waals surface area contributed by atoms with E-state index in [0.717, 1.165) is 23.3 Å². The Morgan fingerprint density at radius 3 is 2.40 bits per heavy atom. The Bertz CT molecular complexity index is 570. The van der Waals surface area contributed by atoms with E-state index in [2.05, 4.69) is 0 Å². The summed E-state index contributed by atoms with van der Waals surface area (Å²) in [6.45, 7) is 1.87. The molecule has 1 heterocycles. The highest BCUT2D eigenvalue weighted by atomic mass is 32.1. The fourth-order valence-corrected chi connectivity index (χ4v) is 2.93. The van der Waals surface area contributed by atoms with Crippen LogP contribution < -0.4 is 0 Å². The fraction of sp³-hybridized carbons (Fsp3) is 0.312. The van der Waals surface area contributed by atoms with Gasteiger partial charge in [0.25, 0.3) is 0 Å². The summed E-state index contributed by atoms with van der Waals surface area (Å²) in [5.74, 6) is 0.197. The molecular formula is C16H18O3S. The molecule has 3 nitrogen and oxygen atoms in total. The van der Waals surface area contributed by atoms with Gasteiger partial charge in [-0.3, -0.25) is 4.79 Å². The molecule has 0 fully saturated rings. The van der Waals surface area contributed by atoms with Crippen LogP contribution in [0.15, 0.2) is 35.7 Å². The van der Waals surface area contributed by atoms with E-state index in [9.17, 15) is 4.79 Å². The molecular weight excluding hydrogens is 272 g/mol. The molecule has 0 saturated carbocycles. The van der Waals surface area contributed by atoms with Gasteiger partial charge in [-0.25, -0.2) is 0 Å². The minimum Gasteiger partial charge on any atom is -0.364 e. The Hall–Kier alpha value is -1.49. The van der Waals surface area contributed by atoms with Crippen molar-refractivity contribution in [2.24, 2.45) is 0 Å². The third-order valence-electron chi connectivity index (χ3n) is 3.23. The van der Waals surface area contributed by atoms with Crippen molar-refractivity contribution < 1.29 is 15.0 Å². The molecule has 20 heavy (non-hydrogen) atoms. The minimum absolute atomic E-state index is 0.197. The lowest BCUT2D eigenvalue weighted by Crippen LogP contribution is -1.96. The lowest BCUT2D eigenvalue weighted by Gasteiger charge is -2.05. The van der Waals surface area contributed by atoms with E-state index in [1.54, 1.807) is 12.1 Å². The first kappa shape index (κ1) is 14.9. The predicted octanol–water partition coefficient (Wildman–Crippen LogP) is 3.11. The highest BCUT2D eigenvalue weighted by Gasteiger charge is 2.07. The quantitative estimate of drug-likeness (QED) is 0.635. The van der Waals surface area contributed by atoms with E-state index in [1.807, 2.05) is 30.5 Å². The molecule has 0 unspecified atom stereocenters. The van der Waals surface area contributed by atoms with Crippen molar-refractivity contribution in [3.8, 4) is 0 Å². The molecule has 2 N–H and O–H groups in total. The topological polar surface area (TPSA) is 57.5 Å². The number of carbonyl (C=O) groups excluding carboxylic acids is 1. The third kappa shape index (κ3) is 3.76. The second kappa shape index (κ2) is 6.79. The Labute approximate surface area is 122 Å². The van der Waals surface area contributed by atoms with Crippen LogP contribution in [0.5, 0.6) is 0 Å². The Balaban J connectivity index is 1.94. The molecule has 2 rings (SSSR count). The van der Waals surface area contributed by atoms with Crippen LogP contribution in [0.4, 0.5) is 0 Å². The van der Waals surface area contributed by atoms with Gasteiger partial charge in [0.05, 0.1) is 4.88 Å². The van der Waals surface area contributed by atoms with E-state index < -0.39 is 6.29 Å². The van der Waals surface area contributed by atoms with Gasteiger partial charge in [-0.2, -0.15) is 0 Å². The second-order valence-electron chi connectivity index (χ2n) is 4.71. The molecule has 0 aliphatic carbocycles. The van der Waals surface area contributed by atoms with Crippen LogP contribution in [0.3, 0.4) is 0 Å². The van der Waals surface area contributed by atoms with Gasteiger partial charge in [-0.1, -0.05) is 31.2 Å². The Kier molecular flexibility index (Phi) is 5.06. The van der Waals surface area contributed by atoms with E-state index in [1.165, 1.54) is 16.9 Å². The molecule has 0 spiro atoms. The first-order valence-corrected chi connectivity index (χ1v) is 7.53. The summed E-state index contributed by atoms with van der Waals surface area (Å²) in [5.41, 5.74) is 2.82. The smallest absolute Gasteiger partial charge is 0.178 e. The molecule has 0 aliphatic rings. The highest BCUT2D eigenvalue weighted by Crippen LogP contribution is 2.19. The van der Waals surface area contributed by atoms with E-state index in [-0.39, 0.29) is 5.78 Å². The number of hydrogen-bond acceptors (Lipinski definition) is 4. The van der Waals surface area contributed by atoms with Crippen LogP contribution in [0.25, 0.3) is 0 Å². The van der Waals surface area contributed by atoms with Gasteiger partial charge in [0, 0.05) is 12.0 Å². The molecule has 0 bridgehead atoms. The molecule has 0 aliphatic heterocycles. The number of aliphatic hydroxyl groups excluding tert-OH is 1. The average molecular weight is 290 g/mol. The van der Waals surface area contributed by atoms with Gasteiger partial charge in [0.15, 0.2) is 12.1 Å². The monoisotopic (exact) mass is 290 g/mol. The first-order valence-electron chi connectivity index (χ1n) is 6.65. The van der Waals surface area contributed by atoms with Crippen LogP contribution in [-0.2, 0) is 12.8 Å². The lowest BCUT2D eigenvalue weighted by atomic mass is 10.0. The number of hydrogen-bond donors (Lipinski definition) is 2.